The quantitative estimate of drug-likeness (QED) is 0.756. The van der Waals surface area contributed by atoms with Crippen LogP contribution in [0.4, 0.5) is 0 Å². The first-order valence-electron chi connectivity index (χ1n) is 7.49. The zero-order valence-electron chi connectivity index (χ0n) is 13.3. The molecule has 0 spiro atoms. The summed E-state index contributed by atoms with van der Waals surface area (Å²) in [5.74, 6) is -0.0487. The minimum Gasteiger partial charge on any atom is -0.345 e. The summed E-state index contributed by atoms with van der Waals surface area (Å²) in [7, 11) is 1.90. The Morgan fingerprint density at radius 2 is 2.09 bits per heavy atom. The molecule has 0 aliphatic carbocycles. The van der Waals surface area contributed by atoms with E-state index in [4.69, 9.17) is 11.6 Å². The van der Waals surface area contributed by atoms with Gasteiger partial charge in [-0.05, 0) is 37.1 Å². The number of hydrogen-bond acceptors (Lipinski definition) is 3. The van der Waals surface area contributed by atoms with Crippen LogP contribution in [0.25, 0.3) is 10.2 Å². The second-order valence-electron chi connectivity index (χ2n) is 5.52. The number of aromatic nitrogens is 2. The van der Waals surface area contributed by atoms with Gasteiger partial charge in [0.1, 0.15) is 4.83 Å². The van der Waals surface area contributed by atoms with E-state index in [1.165, 1.54) is 11.3 Å². The van der Waals surface area contributed by atoms with Gasteiger partial charge in [0.15, 0.2) is 0 Å². The number of nitrogens with zero attached hydrogens (tertiary/aromatic N) is 2. The standard InChI is InChI=1S/C17H18ClN3OS/c1-4-14(11-5-7-12(18)8-6-11)19-16(22)15-9-13-10(2)20-21(3)17(13)23-15/h5-9,14H,4H2,1-3H3,(H,19,22). The number of nitrogens with one attached hydrogen (secondary N) is 1. The maximum Gasteiger partial charge on any atom is 0.261 e. The zero-order valence-corrected chi connectivity index (χ0v) is 14.8. The smallest absolute Gasteiger partial charge is 0.261 e. The number of carbonyl (C=O) groups is 1. The summed E-state index contributed by atoms with van der Waals surface area (Å²) in [6.45, 7) is 4.01. The molecule has 0 aliphatic heterocycles. The Hall–Kier alpha value is -1.85. The van der Waals surface area contributed by atoms with Crippen LogP contribution in [-0.2, 0) is 7.05 Å². The molecule has 1 aromatic carbocycles. The van der Waals surface area contributed by atoms with E-state index in [0.29, 0.717) is 9.90 Å². The summed E-state index contributed by atoms with van der Waals surface area (Å²) in [6.07, 6.45) is 0.818. The second kappa shape index (κ2) is 6.34. The zero-order chi connectivity index (χ0) is 16.6. The fraction of sp³-hybridized carbons (Fsp3) is 0.294. The van der Waals surface area contributed by atoms with Crippen molar-refractivity contribution in [2.45, 2.75) is 26.3 Å². The molecule has 0 saturated carbocycles. The number of hydrogen-bond donors (Lipinski definition) is 1. The topological polar surface area (TPSA) is 46.9 Å². The fourth-order valence-corrected chi connectivity index (χ4v) is 3.81. The molecule has 0 bridgehead atoms. The molecule has 23 heavy (non-hydrogen) atoms. The number of thiophene rings is 1. The van der Waals surface area contributed by atoms with Crippen LogP contribution >= 0.6 is 22.9 Å². The normalized spacial score (nSPS) is 12.5. The lowest BCUT2D eigenvalue weighted by Crippen LogP contribution is -2.27. The minimum absolute atomic E-state index is 0.0239. The highest BCUT2D eigenvalue weighted by Gasteiger charge is 2.18. The number of benzene rings is 1. The molecule has 4 nitrogen and oxygen atoms in total. The lowest BCUT2D eigenvalue weighted by Gasteiger charge is -2.17. The van der Waals surface area contributed by atoms with Crippen LogP contribution in [0, 0.1) is 6.92 Å². The number of halogens is 1. The lowest BCUT2D eigenvalue weighted by atomic mass is 10.0. The summed E-state index contributed by atoms with van der Waals surface area (Å²) in [6, 6.07) is 9.50. The molecule has 1 N–H and O–H groups in total. The summed E-state index contributed by atoms with van der Waals surface area (Å²) < 4.78 is 1.82. The largest absolute Gasteiger partial charge is 0.345 e. The fourth-order valence-electron chi connectivity index (χ4n) is 2.66. The van der Waals surface area contributed by atoms with Crippen LogP contribution in [0.3, 0.4) is 0 Å². The Bertz CT molecular complexity index is 816. The van der Waals surface area contributed by atoms with Crippen LogP contribution in [-0.4, -0.2) is 15.7 Å². The molecule has 6 heteroatoms. The van der Waals surface area contributed by atoms with Gasteiger partial charge >= 0.3 is 0 Å². The number of rotatable bonds is 4. The van der Waals surface area contributed by atoms with Gasteiger partial charge in [0.05, 0.1) is 16.6 Å². The third-order valence-electron chi connectivity index (χ3n) is 3.91. The molecule has 120 valence electrons. The van der Waals surface area contributed by atoms with Crippen LogP contribution in [0.15, 0.2) is 30.3 Å². The molecule has 1 atom stereocenters. The van der Waals surface area contributed by atoms with Crippen LogP contribution in [0.2, 0.25) is 5.02 Å². The van der Waals surface area contributed by atoms with Gasteiger partial charge in [-0.3, -0.25) is 9.48 Å². The molecule has 1 unspecified atom stereocenters. The Morgan fingerprint density at radius 3 is 2.70 bits per heavy atom. The summed E-state index contributed by atoms with van der Waals surface area (Å²) in [5.41, 5.74) is 2.01. The molecular weight excluding hydrogens is 330 g/mol. The van der Waals surface area contributed by atoms with Crippen molar-refractivity contribution in [3.63, 3.8) is 0 Å². The van der Waals surface area contributed by atoms with Crippen molar-refractivity contribution in [1.29, 1.82) is 0 Å². The second-order valence-corrected chi connectivity index (χ2v) is 6.99. The maximum atomic E-state index is 12.6. The highest BCUT2D eigenvalue weighted by Crippen LogP contribution is 2.28. The van der Waals surface area contributed by atoms with Crippen LogP contribution in [0.1, 0.15) is 40.3 Å². The van der Waals surface area contributed by atoms with E-state index in [1.807, 2.05) is 49.0 Å². The van der Waals surface area contributed by atoms with Crippen LogP contribution in [0.5, 0.6) is 0 Å². The van der Waals surface area contributed by atoms with E-state index in [-0.39, 0.29) is 11.9 Å². The van der Waals surface area contributed by atoms with E-state index in [0.717, 1.165) is 27.9 Å². The summed E-state index contributed by atoms with van der Waals surface area (Å²) in [4.78, 5) is 14.3. The van der Waals surface area contributed by atoms with Gasteiger partial charge < -0.3 is 5.32 Å². The van der Waals surface area contributed by atoms with Crippen LogP contribution < -0.4 is 5.32 Å². The highest BCUT2D eigenvalue weighted by atomic mass is 35.5. The van der Waals surface area contributed by atoms with Gasteiger partial charge in [0, 0.05) is 17.5 Å². The summed E-state index contributed by atoms with van der Waals surface area (Å²) in [5, 5.41) is 9.21. The van der Waals surface area contributed by atoms with Gasteiger partial charge in [-0.2, -0.15) is 5.10 Å². The maximum absolute atomic E-state index is 12.6. The first-order chi connectivity index (χ1) is 11.0. The Morgan fingerprint density at radius 1 is 1.39 bits per heavy atom. The minimum atomic E-state index is -0.0487. The first-order valence-corrected chi connectivity index (χ1v) is 8.68. The van der Waals surface area contributed by atoms with Crippen molar-refractivity contribution in [2.75, 3.05) is 0 Å². The molecule has 0 fully saturated rings. The van der Waals surface area contributed by atoms with Gasteiger partial charge in [0.2, 0.25) is 0 Å². The SMILES string of the molecule is CCC(NC(=O)c1cc2c(C)nn(C)c2s1)c1ccc(Cl)cc1. The van der Waals surface area contributed by atoms with Crippen molar-refractivity contribution >= 4 is 39.1 Å². The van der Waals surface area contributed by atoms with Crippen molar-refractivity contribution in [2.24, 2.45) is 7.05 Å². The molecule has 0 radical (unpaired) electrons. The Balaban J connectivity index is 1.83. The van der Waals surface area contributed by atoms with E-state index in [2.05, 4.69) is 17.3 Å². The molecular formula is C17H18ClN3OS. The van der Waals surface area contributed by atoms with Gasteiger partial charge in [-0.25, -0.2) is 0 Å². The Labute approximate surface area is 144 Å². The molecule has 0 saturated heterocycles. The van der Waals surface area contributed by atoms with Gasteiger partial charge in [-0.1, -0.05) is 30.7 Å². The van der Waals surface area contributed by atoms with Crippen molar-refractivity contribution in [3.8, 4) is 0 Å². The molecule has 3 rings (SSSR count). The van der Waals surface area contributed by atoms with E-state index in [1.54, 1.807) is 0 Å². The predicted octanol–water partition coefficient (Wildman–Crippen LogP) is 4.48. The van der Waals surface area contributed by atoms with Crippen molar-refractivity contribution < 1.29 is 4.79 Å². The number of aryl methyl sites for hydroxylation is 2. The van der Waals surface area contributed by atoms with E-state index in [9.17, 15) is 4.79 Å². The molecule has 2 aromatic heterocycles. The number of carbonyl (C=O) groups excluding carboxylic acids is 1. The molecule has 1 amide bonds. The van der Waals surface area contributed by atoms with Gasteiger partial charge in [-0.15, -0.1) is 11.3 Å². The number of amides is 1. The predicted molar refractivity (Wildman–Crippen MR) is 95.3 cm³/mol. The highest BCUT2D eigenvalue weighted by molar-refractivity contribution is 7.20. The monoisotopic (exact) mass is 347 g/mol. The summed E-state index contributed by atoms with van der Waals surface area (Å²) >= 11 is 7.40. The van der Waals surface area contributed by atoms with E-state index >= 15 is 0 Å². The van der Waals surface area contributed by atoms with Crippen molar-refractivity contribution in [1.82, 2.24) is 15.1 Å². The molecule has 0 aliphatic rings. The average molecular weight is 348 g/mol. The Kier molecular flexibility index (Phi) is 4.41. The average Bonchev–Trinajstić information content (AvgIpc) is 3.08. The van der Waals surface area contributed by atoms with E-state index < -0.39 is 0 Å². The first kappa shape index (κ1) is 16.0. The third kappa shape index (κ3) is 3.12. The lowest BCUT2D eigenvalue weighted by molar-refractivity contribution is 0.0940. The molecule has 2 heterocycles. The van der Waals surface area contributed by atoms with Crippen molar-refractivity contribution in [3.05, 3.63) is 51.5 Å². The third-order valence-corrected chi connectivity index (χ3v) is 5.36. The number of fused-ring (bicyclic) bond motifs is 1. The van der Waals surface area contributed by atoms with Gasteiger partial charge in [0.25, 0.3) is 5.91 Å². The molecule has 3 aromatic rings.